The van der Waals surface area contributed by atoms with Gasteiger partial charge in [-0.15, -0.1) is 0 Å². The number of nitrogens with one attached hydrogen (secondary N) is 2. The Hall–Kier alpha value is -2.37. The average Bonchev–Trinajstić information content (AvgIpc) is 2.69. The number of rotatable bonds is 4. The largest absolute Gasteiger partial charge is 0.481 e. The minimum absolute atomic E-state index is 0.0752. The van der Waals surface area contributed by atoms with Gasteiger partial charge in [0.25, 0.3) is 5.56 Å². The van der Waals surface area contributed by atoms with Gasteiger partial charge in [0.2, 0.25) is 0 Å². The SMILES string of the molecule is O=C(O)CCc1c(-c2cccnc2)[nH][nH]c1=O. The van der Waals surface area contributed by atoms with E-state index in [1.165, 1.54) is 0 Å². The first kappa shape index (κ1) is 11.1. The predicted octanol–water partition coefficient (Wildman–Crippen LogP) is 0.782. The molecule has 0 atom stereocenters. The van der Waals surface area contributed by atoms with Crippen molar-refractivity contribution in [2.45, 2.75) is 12.8 Å². The standard InChI is InChI=1S/C11H11N3O3/c15-9(16)4-3-8-10(13-14-11(8)17)7-2-1-5-12-6-7/h1-2,5-6H,3-4H2,(H,15,16)(H2,13,14,17). The van der Waals surface area contributed by atoms with E-state index in [1.807, 2.05) is 0 Å². The fourth-order valence-electron chi connectivity index (χ4n) is 1.61. The number of hydrogen-bond acceptors (Lipinski definition) is 3. The van der Waals surface area contributed by atoms with Gasteiger partial charge >= 0.3 is 5.97 Å². The Morgan fingerprint density at radius 1 is 1.41 bits per heavy atom. The van der Waals surface area contributed by atoms with Crippen molar-refractivity contribution in [1.29, 1.82) is 0 Å². The first-order valence-electron chi connectivity index (χ1n) is 5.10. The molecule has 2 heterocycles. The summed E-state index contributed by atoms with van der Waals surface area (Å²) in [5, 5.41) is 13.8. The lowest BCUT2D eigenvalue weighted by Gasteiger charge is -2.00. The van der Waals surface area contributed by atoms with Gasteiger partial charge in [0, 0.05) is 29.9 Å². The molecule has 2 aromatic rings. The van der Waals surface area contributed by atoms with E-state index in [0.717, 1.165) is 5.56 Å². The normalized spacial score (nSPS) is 10.4. The van der Waals surface area contributed by atoms with Crippen molar-refractivity contribution in [2.24, 2.45) is 0 Å². The Labute approximate surface area is 96.3 Å². The molecule has 2 rings (SSSR count). The maximum absolute atomic E-state index is 11.5. The van der Waals surface area contributed by atoms with E-state index in [-0.39, 0.29) is 18.4 Å². The zero-order chi connectivity index (χ0) is 12.3. The van der Waals surface area contributed by atoms with Gasteiger partial charge in [0.1, 0.15) is 0 Å². The third-order valence-electron chi connectivity index (χ3n) is 2.42. The average molecular weight is 233 g/mol. The number of hydrogen-bond donors (Lipinski definition) is 3. The van der Waals surface area contributed by atoms with E-state index in [1.54, 1.807) is 24.5 Å². The van der Waals surface area contributed by atoms with Crippen LogP contribution in [0, 0.1) is 0 Å². The van der Waals surface area contributed by atoms with Crippen molar-refractivity contribution in [1.82, 2.24) is 15.2 Å². The molecule has 3 N–H and O–H groups in total. The summed E-state index contributed by atoms with van der Waals surface area (Å²) in [5.41, 5.74) is 1.51. The van der Waals surface area contributed by atoms with Crippen LogP contribution < -0.4 is 5.56 Å². The molecule has 0 aliphatic carbocycles. The smallest absolute Gasteiger partial charge is 0.303 e. The molecule has 0 spiro atoms. The molecule has 17 heavy (non-hydrogen) atoms. The quantitative estimate of drug-likeness (QED) is 0.726. The Bertz CT molecular complexity index is 571. The van der Waals surface area contributed by atoms with Gasteiger partial charge in [-0.3, -0.25) is 24.8 Å². The maximum atomic E-state index is 11.5. The number of aromatic amines is 2. The van der Waals surface area contributed by atoms with Crippen LogP contribution >= 0.6 is 0 Å². The van der Waals surface area contributed by atoms with Gasteiger partial charge < -0.3 is 5.11 Å². The minimum atomic E-state index is -0.928. The van der Waals surface area contributed by atoms with Crippen LogP contribution in [0.4, 0.5) is 0 Å². The zero-order valence-electron chi connectivity index (χ0n) is 8.93. The Morgan fingerprint density at radius 3 is 2.88 bits per heavy atom. The fourth-order valence-corrected chi connectivity index (χ4v) is 1.61. The summed E-state index contributed by atoms with van der Waals surface area (Å²) in [6, 6.07) is 3.55. The second kappa shape index (κ2) is 4.65. The number of nitrogens with zero attached hydrogens (tertiary/aromatic N) is 1. The van der Waals surface area contributed by atoms with Crippen molar-refractivity contribution >= 4 is 5.97 Å². The lowest BCUT2D eigenvalue weighted by molar-refractivity contribution is -0.136. The second-order valence-corrected chi connectivity index (χ2v) is 3.57. The van der Waals surface area contributed by atoms with Gasteiger partial charge in [-0.25, -0.2) is 0 Å². The highest BCUT2D eigenvalue weighted by atomic mass is 16.4. The van der Waals surface area contributed by atoms with Crippen molar-refractivity contribution in [3.8, 4) is 11.3 Å². The highest BCUT2D eigenvalue weighted by Gasteiger charge is 2.12. The number of carbonyl (C=O) groups is 1. The van der Waals surface area contributed by atoms with Gasteiger partial charge in [-0.05, 0) is 18.6 Å². The van der Waals surface area contributed by atoms with Gasteiger partial charge in [-0.2, -0.15) is 0 Å². The molecule has 6 nitrogen and oxygen atoms in total. The molecule has 0 aromatic carbocycles. The number of carboxylic acids is 1. The second-order valence-electron chi connectivity index (χ2n) is 3.57. The number of aliphatic carboxylic acids is 1. The molecule has 0 saturated heterocycles. The van der Waals surface area contributed by atoms with E-state index < -0.39 is 5.97 Å². The highest BCUT2D eigenvalue weighted by Crippen LogP contribution is 2.18. The summed E-state index contributed by atoms with van der Waals surface area (Å²) in [6.45, 7) is 0. The summed E-state index contributed by atoms with van der Waals surface area (Å²) in [5.74, 6) is -0.928. The van der Waals surface area contributed by atoms with E-state index >= 15 is 0 Å². The fraction of sp³-hybridized carbons (Fsp3) is 0.182. The lowest BCUT2D eigenvalue weighted by atomic mass is 10.1. The van der Waals surface area contributed by atoms with Crippen LogP contribution in [0.5, 0.6) is 0 Å². The molecule has 0 saturated carbocycles. The van der Waals surface area contributed by atoms with E-state index in [4.69, 9.17) is 5.11 Å². The molecule has 0 bridgehead atoms. The van der Waals surface area contributed by atoms with Crippen LogP contribution in [0.25, 0.3) is 11.3 Å². The van der Waals surface area contributed by atoms with Crippen LogP contribution in [-0.2, 0) is 11.2 Å². The van der Waals surface area contributed by atoms with Gasteiger partial charge in [-0.1, -0.05) is 0 Å². The van der Waals surface area contributed by atoms with Crippen LogP contribution in [-0.4, -0.2) is 26.3 Å². The number of H-pyrrole nitrogens is 2. The minimum Gasteiger partial charge on any atom is -0.481 e. The van der Waals surface area contributed by atoms with Gasteiger partial charge in [0.05, 0.1) is 5.69 Å². The van der Waals surface area contributed by atoms with Gasteiger partial charge in [0.15, 0.2) is 0 Å². The molecule has 0 fully saturated rings. The Balaban J connectivity index is 2.36. The molecule has 6 heteroatoms. The molecular formula is C11H11N3O3. The molecule has 0 amide bonds. The third kappa shape index (κ3) is 2.41. The van der Waals surface area contributed by atoms with Crippen molar-refractivity contribution in [2.75, 3.05) is 0 Å². The molecule has 0 radical (unpaired) electrons. The summed E-state index contributed by atoms with van der Waals surface area (Å²) in [7, 11) is 0. The highest BCUT2D eigenvalue weighted by molar-refractivity contribution is 5.68. The number of pyridine rings is 1. The van der Waals surface area contributed by atoms with Crippen molar-refractivity contribution < 1.29 is 9.90 Å². The third-order valence-corrected chi connectivity index (χ3v) is 2.42. The summed E-state index contributed by atoms with van der Waals surface area (Å²) < 4.78 is 0. The molecule has 0 aliphatic heterocycles. The molecular weight excluding hydrogens is 222 g/mol. The van der Waals surface area contributed by atoms with Crippen LogP contribution in [0.1, 0.15) is 12.0 Å². The maximum Gasteiger partial charge on any atom is 0.303 e. The van der Waals surface area contributed by atoms with Crippen LogP contribution in [0.3, 0.4) is 0 Å². The predicted molar refractivity (Wildman–Crippen MR) is 60.6 cm³/mol. The first-order valence-corrected chi connectivity index (χ1v) is 5.10. The summed E-state index contributed by atoms with van der Waals surface area (Å²) in [6.07, 6.45) is 3.36. The van der Waals surface area contributed by atoms with Crippen molar-refractivity contribution in [3.63, 3.8) is 0 Å². The van der Waals surface area contributed by atoms with Crippen LogP contribution in [0.15, 0.2) is 29.3 Å². The Morgan fingerprint density at radius 2 is 2.24 bits per heavy atom. The lowest BCUT2D eigenvalue weighted by Crippen LogP contribution is -2.08. The monoisotopic (exact) mass is 233 g/mol. The summed E-state index contributed by atoms with van der Waals surface area (Å²) in [4.78, 5) is 26.0. The molecule has 88 valence electrons. The molecule has 2 aromatic heterocycles. The number of aromatic nitrogens is 3. The van der Waals surface area contributed by atoms with E-state index in [9.17, 15) is 9.59 Å². The van der Waals surface area contributed by atoms with E-state index in [0.29, 0.717) is 11.3 Å². The summed E-state index contributed by atoms with van der Waals surface area (Å²) >= 11 is 0. The topological polar surface area (TPSA) is 98.8 Å². The zero-order valence-corrected chi connectivity index (χ0v) is 8.93. The first-order chi connectivity index (χ1) is 8.18. The number of carboxylic acid groups (broad SMARTS) is 1. The van der Waals surface area contributed by atoms with E-state index in [2.05, 4.69) is 15.2 Å². The van der Waals surface area contributed by atoms with Crippen molar-refractivity contribution in [3.05, 3.63) is 40.4 Å². The Kier molecular flexibility index (Phi) is 3.04. The van der Waals surface area contributed by atoms with Crippen LogP contribution in [0.2, 0.25) is 0 Å². The molecule has 0 unspecified atom stereocenters. The molecule has 0 aliphatic rings.